The van der Waals surface area contributed by atoms with Gasteiger partial charge in [0, 0.05) is 5.69 Å². The average Bonchev–Trinajstić information content (AvgIpc) is 2.16. The van der Waals surface area contributed by atoms with Gasteiger partial charge in [-0.25, -0.2) is 4.98 Å². The maximum Gasteiger partial charge on any atom is 0.317 e. The molecule has 0 spiro atoms. The summed E-state index contributed by atoms with van der Waals surface area (Å²) >= 11 is 4.88. The second-order valence-corrected chi connectivity index (χ2v) is 4.20. The second kappa shape index (κ2) is 5.75. The predicted octanol–water partition coefficient (Wildman–Crippen LogP) is 1.99. The summed E-state index contributed by atoms with van der Waals surface area (Å²) in [5, 5.41) is 0. The summed E-state index contributed by atoms with van der Waals surface area (Å²) in [4.78, 5) is 8.61. The summed E-state index contributed by atoms with van der Waals surface area (Å²) in [6.45, 7) is 5.97. The molecule has 5 heteroatoms. The van der Waals surface area contributed by atoms with Crippen LogP contribution in [-0.2, 0) is 0 Å². The van der Waals surface area contributed by atoms with Crippen molar-refractivity contribution in [3.05, 3.63) is 17.5 Å². The zero-order chi connectivity index (χ0) is 12.1. The highest BCUT2D eigenvalue weighted by atomic mass is 32.1. The molecule has 4 nitrogen and oxygen atoms in total. The molecule has 0 fully saturated rings. The van der Waals surface area contributed by atoms with Gasteiger partial charge in [-0.05, 0) is 26.3 Å². The van der Waals surface area contributed by atoms with E-state index in [1.807, 2.05) is 13.8 Å². The van der Waals surface area contributed by atoms with Crippen molar-refractivity contribution in [2.24, 2.45) is 5.73 Å². The van der Waals surface area contributed by atoms with E-state index >= 15 is 0 Å². The molecule has 0 aromatic carbocycles. The lowest BCUT2D eigenvalue weighted by atomic mass is 10.2. The fraction of sp³-hybridized carbons (Fsp3) is 0.545. The summed E-state index contributed by atoms with van der Waals surface area (Å²) in [5.41, 5.74) is 6.89. The Bertz CT molecular complexity index is 381. The van der Waals surface area contributed by atoms with E-state index in [-0.39, 0.29) is 11.1 Å². The van der Waals surface area contributed by atoms with E-state index in [0.717, 1.165) is 18.5 Å². The molecular weight excluding hydrogens is 222 g/mol. The predicted molar refractivity (Wildman–Crippen MR) is 67.7 cm³/mol. The molecule has 16 heavy (non-hydrogen) atoms. The normalized spacial score (nSPS) is 12.2. The fourth-order valence-corrected chi connectivity index (χ4v) is 1.47. The summed E-state index contributed by atoms with van der Waals surface area (Å²) in [7, 11) is 0. The second-order valence-electron chi connectivity index (χ2n) is 3.76. The van der Waals surface area contributed by atoms with Crippen LogP contribution in [0.1, 0.15) is 38.1 Å². The Balaban J connectivity index is 2.84. The molecule has 88 valence electrons. The molecule has 1 aromatic heterocycles. The van der Waals surface area contributed by atoms with Crippen molar-refractivity contribution >= 4 is 17.2 Å². The first-order valence-electron chi connectivity index (χ1n) is 5.35. The number of ether oxygens (including phenoxy) is 1. The molecule has 1 unspecified atom stereocenters. The zero-order valence-electron chi connectivity index (χ0n) is 9.86. The van der Waals surface area contributed by atoms with Gasteiger partial charge in [-0.15, -0.1) is 0 Å². The van der Waals surface area contributed by atoms with Crippen molar-refractivity contribution in [2.75, 3.05) is 0 Å². The minimum Gasteiger partial charge on any atom is -0.460 e. The van der Waals surface area contributed by atoms with Crippen molar-refractivity contribution in [1.82, 2.24) is 9.97 Å². The highest BCUT2D eigenvalue weighted by molar-refractivity contribution is 7.80. The lowest BCUT2D eigenvalue weighted by Gasteiger charge is -2.12. The van der Waals surface area contributed by atoms with Gasteiger partial charge in [0.25, 0.3) is 0 Å². The summed E-state index contributed by atoms with van der Waals surface area (Å²) in [6.07, 6.45) is 2.14. The number of aromatic nitrogens is 2. The molecular formula is C11H17N3OS. The highest BCUT2D eigenvalue weighted by Gasteiger charge is 2.08. The number of hydrogen-bond donors (Lipinski definition) is 1. The van der Waals surface area contributed by atoms with E-state index in [1.54, 1.807) is 6.07 Å². The molecule has 0 saturated heterocycles. The van der Waals surface area contributed by atoms with Crippen LogP contribution in [0.2, 0.25) is 0 Å². The SMILES string of the molecule is CCCC(C)Oc1nc(C)cc(C(N)=S)n1. The first-order valence-corrected chi connectivity index (χ1v) is 5.76. The third-order valence-electron chi connectivity index (χ3n) is 2.09. The number of aryl methyl sites for hydroxylation is 1. The number of hydrogen-bond acceptors (Lipinski definition) is 4. The van der Waals surface area contributed by atoms with Crippen molar-refractivity contribution in [3.63, 3.8) is 0 Å². The maximum atomic E-state index is 5.59. The maximum absolute atomic E-state index is 5.59. The van der Waals surface area contributed by atoms with Crippen LogP contribution in [0.25, 0.3) is 0 Å². The number of thiocarbonyl (C=S) groups is 1. The Morgan fingerprint density at radius 1 is 1.56 bits per heavy atom. The molecule has 0 aliphatic rings. The van der Waals surface area contributed by atoms with Gasteiger partial charge in [0.15, 0.2) is 0 Å². The fourth-order valence-electron chi connectivity index (χ4n) is 1.37. The van der Waals surface area contributed by atoms with E-state index in [9.17, 15) is 0 Å². The van der Waals surface area contributed by atoms with Gasteiger partial charge in [0.2, 0.25) is 0 Å². The average molecular weight is 239 g/mol. The molecule has 0 bridgehead atoms. The number of nitrogens with zero attached hydrogens (tertiary/aromatic N) is 2. The third kappa shape index (κ3) is 3.73. The van der Waals surface area contributed by atoms with Crippen LogP contribution in [-0.4, -0.2) is 21.1 Å². The molecule has 1 aromatic rings. The Kier molecular flexibility index (Phi) is 4.61. The highest BCUT2D eigenvalue weighted by Crippen LogP contribution is 2.11. The van der Waals surface area contributed by atoms with Gasteiger partial charge in [0.05, 0.1) is 6.10 Å². The first-order chi connectivity index (χ1) is 7.52. The summed E-state index contributed by atoms with van der Waals surface area (Å²) in [6, 6.07) is 2.10. The van der Waals surface area contributed by atoms with Crippen LogP contribution in [0.15, 0.2) is 6.07 Å². The lowest BCUT2D eigenvalue weighted by Crippen LogP contribution is -2.17. The lowest BCUT2D eigenvalue weighted by molar-refractivity contribution is 0.192. The van der Waals surface area contributed by atoms with Gasteiger partial charge in [-0.2, -0.15) is 4.98 Å². The minimum atomic E-state index is 0.103. The van der Waals surface area contributed by atoms with Crippen molar-refractivity contribution < 1.29 is 4.74 Å². The molecule has 2 N–H and O–H groups in total. The summed E-state index contributed by atoms with van der Waals surface area (Å²) < 4.78 is 5.59. The Hall–Kier alpha value is -1.23. The molecule has 1 atom stereocenters. The van der Waals surface area contributed by atoms with Crippen LogP contribution >= 0.6 is 12.2 Å². The van der Waals surface area contributed by atoms with Gasteiger partial charge >= 0.3 is 6.01 Å². The molecule has 1 rings (SSSR count). The minimum absolute atomic E-state index is 0.103. The van der Waals surface area contributed by atoms with Gasteiger partial charge in [-0.3, -0.25) is 0 Å². The largest absolute Gasteiger partial charge is 0.460 e. The van der Waals surface area contributed by atoms with E-state index in [2.05, 4.69) is 16.9 Å². The smallest absolute Gasteiger partial charge is 0.317 e. The van der Waals surface area contributed by atoms with E-state index in [0.29, 0.717) is 11.7 Å². The first kappa shape index (κ1) is 12.8. The van der Waals surface area contributed by atoms with Crippen molar-refractivity contribution in [3.8, 4) is 6.01 Å². The topological polar surface area (TPSA) is 61.0 Å². The molecule has 0 aliphatic heterocycles. The van der Waals surface area contributed by atoms with Crippen LogP contribution < -0.4 is 10.5 Å². The monoisotopic (exact) mass is 239 g/mol. The van der Waals surface area contributed by atoms with Crippen LogP contribution in [0.4, 0.5) is 0 Å². The van der Waals surface area contributed by atoms with E-state index in [1.165, 1.54) is 0 Å². The Morgan fingerprint density at radius 2 is 2.25 bits per heavy atom. The molecule has 0 amide bonds. The molecule has 0 aliphatic carbocycles. The molecule has 0 saturated carbocycles. The third-order valence-corrected chi connectivity index (χ3v) is 2.30. The van der Waals surface area contributed by atoms with E-state index in [4.69, 9.17) is 22.7 Å². The number of nitrogens with two attached hydrogens (primary N) is 1. The van der Waals surface area contributed by atoms with Gasteiger partial charge in [-0.1, -0.05) is 25.6 Å². The van der Waals surface area contributed by atoms with Crippen molar-refractivity contribution in [1.29, 1.82) is 0 Å². The van der Waals surface area contributed by atoms with Crippen molar-refractivity contribution in [2.45, 2.75) is 39.7 Å². The van der Waals surface area contributed by atoms with Crippen LogP contribution in [0.5, 0.6) is 6.01 Å². The van der Waals surface area contributed by atoms with Crippen LogP contribution in [0, 0.1) is 6.92 Å². The Labute approximate surface area is 101 Å². The standard InChI is InChI=1S/C11H17N3OS/c1-4-5-8(3)15-11-13-7(2)6-9(14-11)10(12)16/h6,8H,4-5H2,1-3H3,(H2,12,16). The molecule has 1 heterocycles. The quantitative estimate of drug-likeness (QED) is 0.796. The van der Waals surface area contributed by atoms with Crippen LogP contribution in [0.3, 0.4) is 0 Å². The Morgan fingerprint density at radius 3 is 2.81 bits per heavy atom. The van der Waals surface area contributed by atoms with E-state index < -0.39 is 0 Å². The molecule has 0 radical (unpaired) electrons. The van der Waals surface area contributed by atoms with Gasteiger partial charge in [0.1, 0.15) is 10.7 Å². The number of rotatable bonds is 5. The van der Waals surface area contributed by atoms with Gasteiger partial charge < -0.3 is 10.5 Å². The zero-order valence-corrected chi connectivity index (χ0v) is 10.7. The summed E-state index contributed by atoms with van der Waals surface area (Å²) in [5.74, 6) is 0.